The van der Waals surface area contributed by atoms with E-state index in [1.165, 1.54) is 29.8 Å². The highest BCUT2D eigenvalue weighted by Gasteiger charge is 2.22. The lowest BCUT2D eigenvalue weighted by atomic mass is 10.1. The van der Waals surface area contributed by atoms with Gasteiger partial charge in [0.2, 0.25) is 0 Å². The molecule has 1 N–H and O–H groups in total. The number of rotatable bonds is 5. The minimum atomic E-state index is -0.360. The fourth-order valence-corrected chi connectivity index (χ4v) is 4.29. The van der Waals surface area contributed by atoms with E-state index >= 15 is 0 Å². The molecule has 4 aromatic rings. The Morgan fingerprint density at radius 2 is 2.07 bits per heavy atom. The van der Waals surface area contributed by atoms with Crippen molar-refractivity contribution in [2.24, 2.45) is 0 Å². The van der Waals surface area contributed by atoms with Gasteiger partial charge < -0.3 is 5.32 Å². The highest BCUT2D eigenvalue weighted by Crippen LogP contribution is 2.36. The van der Waals surface area contributed by atoms with Crippen LogP contribution in [0.2, 0.25) is 5.02 Å². The Balaban J connectivity index is 1.64. The fourth-order valence-electron chi connectivity index (χ4n) is 2.84. The molecule has 0 aliphatic rings. The van der Waals surface area contributed by atoms with E-state index in [0.717, 1.165) is 5.56 Å². The molecule has 0 fully saturated rings. The Kier molecular flexibility index (Phi) is 4.87. The quantitative estimate of drug-likeness (QED) is 0.538. The SMILES string of the molecule is O=C(NC(Cn1cncn1)c1ccccc1)c1sc2cc(F)ccc2c1Cl. The van der Waals surface area contributed by atoms with Crippen molar-refractivity contribution in [2.45, 2.75) is 12.6 Å². The predicted octanol–water partition coefficient (Wildman–Crippen LogP) is 4.46. The Morgan fingerprint density at radius 3 is 2.81 bits per heavy atom. The van der Waals surface area contributed by atoms with Crippen LogP contribution < -0.4 is 5.32 Å². The van der Waals surface area contributed by atoms with E-state index in [1.807, 2.05) is 30.3 Å². The molecule has 2 heterocycles. The minimum Gasteiger partial charge on any atom is -0.343 e. The summed E-state index contributed by atoms with van der Waals surface area (Å²) in [5, 5.41) is 8.12. The van der Waals surface area contributed by atoms with Crippen LogP contribution >= 0.6 is 22.9 Å². The fraction of sp³-hybridized carbons (Fsp3) is 0.105. The van der Waals surface area contributed by atoms with Gasteiger partial charge in [0.1, 0.15) is 23.3 Å². The summed E-state index contributed by atoms with van der Waals surface area (Å²) in [6, 6.07) is 13.6. The largest absolute Gasteiger partial charge is 0.343 e. The van der Waals surface area contributed by atoms with E-state index in [-0.39, 0.29) is 17.8 Å². The van der Waals surface area contributed by atoms with Gasteiger partial charge in [0.15, 0.2) is 0 Å². The molecule has 136 valence electrons. The highest BCUT2D eigenvalue weighted by molar-refractivity contribution is 7.21. The first kappa shape index (κ1) is 17.6. The molecule has 0 aliphatic heterocycles. The highest BCUT2D eigenvalue weighted by atomic mass is 35.5. The smallest absolute Gasteiger partial charge is 0.263 e. The average Bonchev–Trinajstić information content (AvgIpc) is 3.29. The maximum absolute atomic E-state index is 13.5. The maximum Gasteiger partial charge on any atom is 0.263 e. The second kappa shape index (κ2) is 7.46. The molecular weight excluding hydrogens is 387 g/mol. The van der Waals surface area contributed by atoms with E-state index in [2.05, 4.69) is 15.4 Å². The van der Waals surface area contributed by atoms with Gasteiger partial charge in [-0.3, -0.25) is 9.48 Å². The van der Waals surface area contributed by atoms with Crippen molar-refractivity contribution < 1.29 is 9.18 Å². The summed E-state index contributed by atoms with van der Waals surface area (Å²) in [5.41, 5.74) is 0.935. The van der Waals surface area contributed by atoms with Gasteiger partial charge in [-0.05, 0) is 23.8 Å². The molecule has 0 aliphatic carbocycles. The van der Waals surface area contributed by atoms with Crippen molar-refractivity contribution in [3.63, 3.8) is 0 Å². The molecule has 5 nitrogen and oxygen atoms in total. The number of fused-ring (bicyclic) bond motifs is 1. The van der Waals surface area contributed by atoms with Crippen molar-refractivity contribution in [3.05, 3.63) is 82.5 Å². The summed E-state index contributed by atoms with van der Waals surface area (Å²) in [5.74, 6) is -0.670. The number of hydrogen-bond donors (Lipinski definition) is 1. The zero-order valence-electron chi connectivity index (χ0n) is 14.0. The molecule has 2 aromatic carbocycles. The lowest BCUT2D eigenvalue weighted by Gasteiger charge is -2.19. The Bertz CT molecular complexity index is 1080. The Labute approximate surface area is 163 Å². The molecule has 1 amide bonds. The molecule has 0 bridgehead atoms. The zero-order valence-corrected chi connectivity index (χ0v) is 15.5. The number of nitrogens with one attached hydrogen (secondary N) is 1. The normalized spacial score (nSPS) is 12.2. The second-order valence-electron chi connectivity index (χ2n) is 5.94. The summed E-state index contributed by atoms with van der Waals surface area (Å²) in [7, 11) is 0. The van der Waals surface area contributed by atoms with Crippen LogP contribution in [-0.2, 0) is 6.54 Å². The minimum absolute atomic E-state index is 0.310. The first-order valence-corrected chi connectivity index (χ1v) is 9.37. The summed E-state index contributed by atoms with van der Waals surface area (Å²) in [4.78, 5) is 17.2. The van der Waals surface area contributed by atoms with Crippen LogP contribution in [0.25, 0.3) is 10.1 Å². The van der Waals surface area contributed by atoms with Crippen LogP contribution in [0.4, 0.5) is 4.39 Å². The standard InChI is InChI=1S/C19H14ClFN4OS/c20-17-14-7-6-13(21)8-16(14)27-18(17)19(26)24-15(9-25-11-22-10-23-25)12-4-2-1-3-5-12/h1-8,10-11,15H,9H2,(H,24,26). The number of nitrogens with zero attached hydrogens (tertiary/aromatic N) is 3. The van der Waals surface area contributed by atoms with Crippen LogP contribution in [0, 0.1) is 5.82 Å². The molecule has 8 heteroatoms. The summed E-state index contributed by atoms with van der Waals surface area (Å²) >= 11 is 7.55. The lowest BCUT2D eigenvalue weighted by Crippen LogP contribution is -2.31. The molecule has 0 saturated heterocycles. The van der Waals surface area contributed by atoms with Gasteiger partial charge >= 0.3 is 0 Å². The zero-order chi connectivity index (χ0) is 18.8. The first-order chi connectivity index (χ1) is 13.1. The average molecular weight is 401 g/mol. The molecule has 27 heavy (non-hydrogen) atoms. The molecule has 1 unspecified atom stereocenters. The number of aromatic nitrogens is 3. The molecule has 0 saturated carbocycles. The van der Waals surface area contributed by atoms with Gasteiger partial charge in [-0.1, -0.05) is 41.9 Å². The summed E-state index contributed by atoms with van der Waals surface area (Å²) < 4.78 is 15.8. The first-order valence-electron chi connectivity index (χ1n) is 8.17. The Hall–Kier alpha value is -2.77. The van der Waals surface area contributed by atoms with Crippen molar-refractivity contribution in [1.82, 2.24) is 20.1 Å². The molecule has 1 atom stereocenters. The number of benzene rings is 2. The number of carbonyl (C=O) groups excluding carboxylic acids is 1. The van der Waals surface area contributed by atoms with Crippen molar-refractivity contribution in [1.29, 1.82) is 0 Å². The van der Waals surface area contributed by atoms with Crippen LogP contribution in [0.3, 0.4) is 0 Å². The molecule has 2 aromatic heterocycles. The monoisotopic (exact) mass is 400 g/mol. The number of halogens is 2. The van der Waals surface area contributed by atoms with E-state index in [4.69, 9.17) is 11.6 Å². The Morgan fingerprint density at radius 1 is 1.26 bits per heavy atom. The second-order valence-corrected chi connectivity index (χ2v) is 7.37. The topological polar surface area (TPSA) is 59.8 Å². The number of amides is 1. The van der Waals surface area contributed by atoms with Crippen LogP contribution in [0.5, 0.6) is 0 Å². The molecular formula is C19H14ClFN4OS. The molecule has 0 spiro atoms. The van der Waals surface area contributed by atoms with E-state index in [0.29, 0.717) is 26.5 Å². The third-order valence-corrected chi connectivity index (χ3v) is 5.80. The van der Waals surface area contributed by atoms with E-state index in [1.54, 1.807) is 17.1 Å². The van der Waals surface area contributed by atoms with Gasteiger partial charge in [0, 0.05) is 10.1 Å². The van der Waals surface area contributed by atoms with Gasteiger partial charge in [-0.15, -0.1) is 11.3 Å². The number of carbonyl (C=O) groups is 1. The molecule has 0 radical (unpaired) electrons. The van der Waals surface area contributed by atoms with Crippen LogP contribution in [0.15, 0.2) is 61.2 Å². The maximum atomic E-state index is 13.5. The van der Waals surface area contributed by atoms with Crippen LogP contribution in [0.1, 0.15) is 21.3 Å². The lowest BCUT2D eigenvalue weighted by molar-refractivity contribution is 0.0936. The molecule has 4 rings (SSSR count). The van der Waals surface area contributed by atoms with Crippen molar-refractivity contribution in [3.8, 4) is 0 Å². The van der Waals surface area contributed by atoms with Crippen molar-refractivity contribution in [2.75, 3.05) is 0 Å². The number of hydrogen-bond acceptors (Lipinski definition) is 4. The van der Waals surface area contributed by atoms with Gasteiger partial charge in [0.05, 0.1) is 17.6 Å². The van der Waals surface area contributed by atoms with Gasteiger partial charge in [-0.25, -0.2) is 9.37 Å². The van der Waals surface area contributed by atoms with E-state index < -0.39 is 0 Å². The summed E-state index contributed by atoms with van der Waals surface area (Å²) in [6.07, 6.45) is 3.04. The summed E-state index contributed by atoms with van der Waals surface area (Å²) in [6.45, 7) is 0.424. The van der Waals surface area contributed by atoms with E-state index in [9.17, 15) is 9.18 Å². The van der Waals surface area contributed by atoms with Gasteiger partial charge in [0.25, 0.3) is 5.91 Å². The van der Waals surface area contributed by atoms with Gasteiger partial charge in [-0.2, -0.15) is 5.10 Å². The third-order valence-electron chi connectivity index (χ3n) is 4.14. The van der Waals surface area contributed by atoms with Crippen molar-refractivity contribution >= 4 is 38.9 Å². The third kappa shape index (κ3) is 3.70. The number of thiophene rings is 1. The predicted molar refractivity (Wildman–Crippen MR) is 103 cm³/mol. The van der Waals surface area contributed by atoms with Crippen LogP contribution in [-0.4, -0.2) is 20.7 Å².